The van der Waals surface area contributed by atoms with Crippen LogP contribution < -0.4 is 4.74 Å². The van der Waals surface area contributed by atoms with Crippen molar-refractivity contribution in [2.24, 2.45) is 12.0 Å². The van der Waals surface area contributed by atoms with Gasteiger partial charge in [0.15, 0.2) is 0 Å². The van der Waals surface area contributed by atoms with Crippen LogP contribution in [0.25, 0.3) is 0 Å². The Bertz CT molecular complexity index is 387. The fourth-order valence-electron chi connectivity index (χ4n) is 0.796. The lowest BCUT2D eigenvalue weighted by molar-refractivity contribution is -0.0552. The Morgan fingerprint density at radius 1 is 1.71 bits per heavy atom. The molecule has 0 N–H and O–H groups in total. The predicted octanol–water partition coefficient (Wildman–Crippen LogP) is 1.64. The van der Waals surface area contributed by atoms with Gasteiger partial charge in [-0.2, -0.15) is 8.78 Å². The Hall–Kier alpha value is -1.46. The number of halogens is 3. The Labute approximate surface area is 81.9 Å². The lowest BCUT2D eigenvalue weighted by atomic mass is 10.6. The summed E-state index contributed by atoms with van der Waals surface area (Å²) >= 11 is 5.54. The second-order valence-corrected chi connectivity index (χ2v) is 2.53. The fraction of sp³-hybridized carbons (Fsp3) is 0.333. The number of alkyl halides is 2. The number of rotatable bonds is 3. The first kappa shape index (κ1) is 10.6. The molecule has 0 aliphatic rings. The van der Waals surface area contributed by atoms with Gasteiger partial charge in [0.05, 0.1) is 0 Å². The van der Waals surface area contributed by atoms with Crippen LogP contribution in [0.15, 0.2) is 4.99 Å². The second kappa shape index (κ2) is 4.17. The van der Waals surface area contributed by atoms with Crippen LogP contribution in [0.5, 0.6) is 5.88 Å². The first-order valence-corrected chi connectivity index (χ1v) is 3.69. The third kappa shape index (κ3) is 2.07. The summed E-state index contributed by atoms with van der Waals surface area (Å²) in [5, 5.41) is 3.30. The number of ether oxygens (including phenoxy) is 1. The van der Waals surface area contributed by atoms with Gasteiger partial charge < -0.3 is 4.74 Å². The van der Waals surface area contributed by atoms with Gasteiger partial charge in [0, 0.05) is 7.05 Å². The molecule has 5 nitrogen and oxygen atoms in total. The molecule has 0 aliphatic carbocycles. The van der Waals surface area contributed by atoms with Crippen LogP contribution in [0.2, 0.25) is 5.02 Å². The smallest absolute Gasteiger partial charge is 0.388 e. The van der Waals surface area contributed by atoms with E-state index in [2.05, 4.69) is 14.8 Å². The van der Waals surface area contributed by atoms with Crippen molar-refractivity contribution < 1.29 is 18.3 Å². The molecule has 76 valence electrons. The lowest BCUT2D eigenvalue weighted by Gasteiger charge is -2.03. The van der Waals surface area contributed by atoms with Gasteiger partial charge in [-0.1, -0.05) is 11.6 Å². The van der Waals surface area contributed by atoms with Crippen molar-refractivity contribution in [3.63, 3.8) is 0 Å². The number of carbonyl (C=O) groups excluding carboxylic acids is 1. The molecule has 8 heteroatoms. The third-order valence-electron chi connectivity index (χ3n) is 1.27. The molecule has 0 aromatic carbocycles. The summed E-state index contributed by atoms with van der Waals surface area (Å²) in [7, 11) is 1.33. The number of hydrogen-bond donors (Lipinski definition) is 0. The third-order valence-corrected chi connectivity index (χ3v) is 1.61. The maximum Gasteiger partial charge on any atom is 0.388 e. The molecule has 0 bridgehead atoms. The minimum absolute atomic E-state index is 0.209. The van der Waals surface area contributed by atoms with E-state index in [9.17, 15) is 13.6 Å². The van der Waals surface area contributed by atoms with Crippen LogP contribution in [-0.2, 0) is 11.8 Å². The molecule has 0 fully saturated rings. The van der Waals surface area contributed by atoms with Crippen molar-refractivity contribution >= 4 is 23.5 Å². The summed E-state index contributed by atoms with van der Waals surface area (Å²) in [4.78, 5) is 13.0. The summed E-state index contributed by atoms with van der Waals surface area (Å²) in [5.41, 5.74) is 0. The lowest BCUT2D eigenvalue weighted by Crippen LogP contribution is -2.06. The molecule has 1 aromatic heterocycles. The van der Waals surface area contributed by atoms with Crippen molar-refractivity contribution in [2.45, 2.75) is 6.61 Å². The van der Waals surface area contributed by atoms with Crippen molar-refractivity contribution in [3.8, 4) is 5.88 Å². The summed E-state index contributed by atoms with van der Waals surface area (Å²) in [6, 6.07) is 0. The molecule has 0 aliphatic heterocycles. The monoisotopic (exact) mass is 223 g/mol. The molecule has 0 atom stereocenters. The van der Waals surface area contributed by atoms with Crippen molar-refractivity contribution in [1.29, 1.82) is 0 Å². The Balaban J connectivity index is 3.10. The van der Waals surface area contributed by atoms with E-state index in [1.54, 1.807) is 0 Å². The molecule has 0 saturated carbocycles. The highest BCUT2D eigenvalue weighted by atomic mass is 35.5. The number of aryl methyl sites for hydroxylation is 1. The molecule has 14 heavy (non-hydrogen) atoms. The van der Waals surface area contributed by atoms with E-state index in [0.29, 0.717) is 0 Å². The van der Waals surface area contributed by atoms with Gasteiger partial charge in [-0.3, -0.25) is 0 Å². The average molecular weight is 224 g/mol. The zero-order chi connectivity index (χ0) is 10.7. The Morgan fingerprint density at radius 3 is 2.86 bits per heavy atom. The van der Waals surface area contributed by atoms with Gasteiger partial charge in [0.2, 0.25) is 17.8 Å². The summed E-state index contributed by atoms with van der Waals surface area (Å²) < 4.78 is 28.7. The normalized spacial score (nSPS) is 10.1. The molecule has 0 radical (unpaired) electrons. The fourth-order valence-corrected chi connectivity index (χ4v) is 1.04. The predicted molar refractivity (Wildman–Crippen MR) is 42.6 cm³/mol. The minimum atomic E-state index is -3.02. The second-order valence-electron chi connectivity index (χ2n) is 2.15. The topological polar surface area (TPSA) is 56.5 Å². The number of nitrogens with zero attached hydrogens (tertiary/aromatic N) is 3. The van der Waals surface area contributed by atoms with Crippen LogP contribution in [0, 0.1) is 0 Å². The van der Waals surface area contributed by atoms with Gasteiger partial charge in [-0.05, 0) is 0 Å². The number of isocyanates is 1. The first-order chi connectivity index (χ1) is 6.56. The Morgan fingerprint density at radius 2 is 2.36 bits per heavy atom. The van der Waals surface area contributed by atoms with E-state index in [-0.39, 0.29) is 16.7 Å². The summed E-state index contributed by atoms with van der Waals surface area (Å²) in [6.07, 6.45) is 1.19. The number of aliphatic imine (C=N–C) groups is 1. The van der Waals surface area contributed by atoms with E-state index in [4.69, 9.17) is 11.6 Å². The van der Waals surface area contributed by atoms with Gasteiger partial charge in [-0.25, -0.2) is 9.48 Å². The van der Waals surface area contributed by atoms with Crippen molar-refractivity contribution in [1.82, 2.24) is 9.78 Å². The van der Waals surface area contributed by atoms with E-state index >= 15 is 0 Å². The molecule has 1 heterocycles. The molecule has 0 amide bonds. The van der Waals surface area contributed by atoms with Crippen LogP contribution in [0.1, 0.15) is 0 Å². The van der Waals surface area contributed by atoms with E-state index < -0.39 is 6.61 Å². The highest BCUT2D eigenvalue weighted by Crippen LogP contribution is 2.33. The largest absolute Gasteiger partial charge is 0.415 e. The van der Waals surface area contributed by atoms with Crippen molar-refractivity contribution in [3.05, 3.63) is 5.02 Å². The quantitative estimate of drug-likeness (QED) is 0.578. The van der Waals surface area contributed by atoms with Gasteiger partial charge in [-0.15, -0.1) is 10.1 Å². The number of hydrogen-bond acceptors (Lipinski definition) is 4. The van der Waals surface area contributed by atoms with Gasteiger partial charge in [0.1, 0.15) is 5.02 Å². The van der Waals surface area contributed by atoms with E-state index in [0.717, 1.165) is 4.68 Å². The Kier molecular flexibility index (Phi) is 3.16. The summed E-state index contributed by atoms with van der Waals surface area (Å²) in [6.45, 7) is -3.02. The molecular formula is C6H4ClF2N3O2. The van der Waals surface area contributed by atoms with Gasteiger partial charge >= 0.3 is 6.61 Å². The van der Waals surface area contributed by atoms with Crippen molar-refractivity contribution in [2.75, 3.05) is 0 Å². The van der Waals surface area contributed by atoms with E-state index in [1.807, 2.05) is 0 Å². The first-order valence-electron chi connectivity index (χ1n) is 3.31. The average Bonchev–Trinajstić information content (AvgIpc) is 2.33. The van der Waals surface area contributed by atoms with Crippen LogP contribution in [-0.4, -0.2) is 22.5 Å². The van der Waals surface area contributed by atoms with E-state index in [1.165, 1.54) is 13.1 Å². The zero-order valence-corrected chi connectivity index (χ0v) is 7.63. The molecular weight excluding hydrogens is 220 g/mol. The standard InChI is InChI=1S/C6H4ClF2N3O2/c1-12-5(14-6(8)9)3(7)4(11-12)10-2-13/h6H,1H3. The minimum Gasteiger partial charge on any atom is -0.415 e. The van der Waals surface area contributed by atoms with Crippen LogP contribution in [0.4, 0.5) is 14.6 Å². The number of aromatic nitrogens is 2. The highest BCUT2D eigenvalue weighted by molar-refractivity contribution is 6.34. The van der Waals surface area contributed by atoms with Crippen LogP contribution in [0.3, 0.4) is 0 Å². The highest BCUT2D eigenvalue weighted by Gasteiger charge is 2.18. The maximum absolute atomic E-state index is 11.8. The molecule has 0 unspecified atom stereocenters. The van der Waals surface area contributed by atoms with Crippen LogP contribution >= 0.6 is 11.6 Å². The summed E-state index contributed by atoms with van der Waals surface area (Å²) in [5.74, 6) is -0.560. The maximum atomic E-state index is 11.8. The zero-order valence-electron chi connectivity index (χ0n) is 6.87. The molecule has 1 aromatic rings. The molecule has 0 saturated heterocycles. The molecule has 0 spiro atoms. The van der Waals surface area contributed by atoms with Gasteiger partial charge in [0.25, 0.3) is 0 Å². The molecule has 1 rings (SSSR count). The SMILES string of the molecule is Cn1nc(N=C=O)c(Cl)c1OC(F)F.